The Morgan fingerprint density at radius 1 is 1.43 bits per heavy atom. The molecule has 2 rings (SSSR count). The minimum atomic E-state index is -0.796. The average molecular weight is 293 g/mol. The van der Waals surface area contributed by atoms with E-state index in [0.717, 1.165) is 29.4 Å². The van der Waals surface area contributed by atoms with E-state index in [1.54, 1.807) is 12.1 Å². The van der Waals surface area contributed by atoms with Gasteiger partial charge in [0.1, 0.15) is 12.4 Å². The zero-order valence-electron chi connectivity index (χ0n) is 12.2. The summed E-state index contributed by atoms with van der Waals surface area (Å²) in [6, 6.07) is 5.30. The molecule has 0 saturated heterocycles. The summed E-state index contributed by atoms with van der Waals surface area (Å²) in [4.78, 5) is 16.6. The van der Waals surface area contributed by atoms with Crippen LogP contribution >= 0.6 is 0 Å². The van der Waals surface area contributed by atoms with Crippen molar-refractivity contribution in [2.75, 3.05) is 27.2 Å². The molecule has 0 radical (unpaired) electrons. The molecule has 1 aromatic heterocycles. The lowest BCUT2D eigenvalue weighted by atomic mass is 10.1. The summed E-state index contributed by atoms with van der Waals surface area (Å²) >= 11 is 0. The molecule has 0 spiro atoms. The van der Waals surface area contributed by atoms with Crippen LogP contribution in [0.3, 0.4) is 0 Å². The molecule has 0 fully saturated rings. The maximum Gasteiger partial charge on any atom is 0.294 e. The molecule has 0 aliphatic heterocycles. The Kier molecular flexibility index (Phi) is 4.64. The summed E-state index contributed by atoms with van der Waals surface area (Å²) < 4.78 is 1.88. The van der Waals surface area contributed by atoms with Crippen LogP contribution in [0.25, 0.3) is 10.9 Å². The highest BCUT2D eigenvalue weighted by molar-refractivity contribution is 5.89. The van der Waals surface area contributed by atoms with Crippen molar-refractivity contribution in [1.29, 1.82) is 0 Å². The van der Waals surface area contributed by atoms with E-state index in [0.29, 0.717) is 6.54 Å². The highest BCUT2D eigenvalue weighted by atomic mass is 16.9. The molecule has 7 nitrogen and oxygen atoms in total. The number of benzene rings is 1. The number of fused-ring (bicyclic) bond motifs is 1. The summed E-state index contributed by atoms with van der Waals surface area (Å²) in [7, 11) is 3.98. The number of hydrogen-bond donors (Lipinski definition) is 1. The van der Waals surface area contributed by atoms with Crippen molar-refractivity contribution in [3.05, 3.63) is 40.1 Å². The highest BCUT2D eigenvalue weighted by Crippen LogP contribution is 2.30. The Hall–Kier alpha value is -2.28. The van der Waals surface area contributed by atoms with Crippen molar-refractivity contribution in [3.8, 4) is 5.75 Å². The van der Waals surface area contributed by atoms with E-state index in [-0.39, 0.29) is 12.4 Å². The summed E-state index contributed by atoms with van der Waals surface area (Å²) in [6.07, 6.45) is 2.72. The minimum absolute atomic E-state index is 0.0143. The van der Waals surface area contributed by atoms with Crippen LogP contribution in [0.5, 0.6) is 5.75 Å². The highest BCUT2D eigenvalue weighted by Gasteiger charge is 2.12. The van der Waals surface area contributed by atoms with Crippen LogP contribution in [0.2, 0.25) is 0 Å². The van der Waals surface area contributed by atoms with E-state index < -0.39 is 5.09 Å². The molecular formula is C14H19N3O4. The van der Waals surface area contributed by atoms with Crippen LogP contribution in [0.15, 0.2) is 24.4 Å². The molecule has 114 valence electrons. The molecule has 0 atom stereocenters. The van der Waals surface area contributed by atoms with Gasteiger partial charge >= 0.3 is 0 Å². The van der Waals surface area contributed by atoms with Gasteiger partial charge in [-0.1, -0.05) is 6.07 Å². The topological polar surface area (TPSA) is 80.8 Å². The van der Waals surface area contributed by atoms with E-state index >= 15 is 0 Å². The SMILES string of the molecule is CN(C)CCc1cn(CCO[N+](=O)[O-])c2cccc(O)c12. The van der Waals surface area contributed by atoms with Crippen LogP contribution in [0, 0.1) is 10.1 Å². The first-order valence-electron chi connectivity index (χ1n) is 6.70. The molecule has 21 heavy (non-hydrogen) atoms. The van der Waals surface area contributed by atoms with Crippen LogP contribution in [-0.2, 0) is 17.8 Å². The lowest BCUT2D eigenvalue weighted by Crippen LogP contribution is -2.15. The van der Waals surface area contributed by atoms with Gasteiger partial charge in [0.15, 0.2) is 0 Å². The smallest absolute Gasteiger partial charge is 0.294 e. The third-order valence-corrected chi connectivity index (χ3v) is 3.32. The number of phenolic OH excluding ortho intramolecular Hbond substituents is 1. The van der Waals surface area contributed by atoms with Crippen molar-refractivity contribution < 1.29 is 15.0 Å². The number of likely N-dealkylation sites (N-methyl/N-ethyl adjacent to an activating group) is 1. The second kappa shape index (κ2) is 6.45. The van der Waals surface area contributed by atoms with Gasteiger partial charge in [0.25, 0.3) is 5.09 Å². The first-order chi connectivity index (χ1) is 9.99. The van der Waals surface area contributed by atoms with Gasteiger partial charge < -0.3 is 19.4 Å². The largest absolute Gasteiger partial charge is 0.507 e. The van der Waals surface area contributed by atoms with E-state index in [2.05, 4.69) is 9.74 Å². The van der Waals surface area contributed by atoms with Crippen molar-refractivity contribution in [1.82, 2.24) is 9.47 Å². The Balaban J connectivity index is 2.28. The molecule has 0 bridgehead atoms. The molecule has 0 aliphatic rings. The van der Waals surface area contributed by atoms with Gasteiger partial charge in [-0.15, -0.1) is 10.1 Å². The van der Waals surface area contributed by atoms with E-state index in [1.165, 1.54) is 0 Å². The fourth-order valence-corrected chi connectivity index (χ4v) is 2.35. The molecule has 1 aromatic carbocycles. The quantitative estimate of drug-likeness (QED) is 0.620. The van der Waals surface area contributed by atoms with Crippen molar-refractivity contribution in [3.63, 3.8) is 0 Å². The molecule has 0 amide bonds. The number of phenols is 1. The lowest BCUT2D eigenvalue weighted by Gasteiger charge is -2.08. The van der Waals surface area contributed by atoms with E-state index in [9.17, 15) is 15.2 Å². The monoisotopic (exact) mass is 293 g/mol. The van der Waals surface area contributed by atoms with Crippen molar-refractivity contribution in [2.24, 2.45) is 0 Å². The number of nitrogens with zero attached hydrogens (tertiary/aromatic N) is 3. The van der Waals surface area contributed by atoms with Gasteiger partial charge in [-0.25, -0.2) is 0 Å². The molecule has 1 heterocycles. The van der Waals surface area contributed by atoms with Crippen LogP contribution in [-0.4, -0.2) is 46.9 Å². The first kappa shape index (κ1) is 15.1. The molecule has 0 saturated carbocycles. The van der Waals surface area contributed by atoms with Gasteiger partial charge in [-0.05, 0) is 38.2 Å². The fraction of sp³-hybridized carbons (Fsp3) is 0.429. The zero-order chi connectivity index (χ0) is 15.4. The first-order valence-corrected chi connectivity index (χ1v) is 6.70. The van der Waals surface area contributed by atoms with Gasteiger partial charge in [-0.2, -0.15) is 0 Å². The standard InChI is InChI=1S/C14H19N3O4/c1-15(2)7-6-11-10-16(8-9-21-17(19)20)12-4-3-5-13(18)14(11)12/h3-5,10,18H,6-9H2,1-2H3. The van der Waals surface area contributed by atoms with Gasteiger partial charge in [0.2, 0.25) is 0 Å². The van der Waals surface area contributed by atoms with Crippen LogP contribution in [0.1, 0.15) is 5.56 Å². The third kappa shape index (κ3) is 3.63. The molecule has 1 N–H and O–H groups in total. The van der Waals surface area contributed by atoms with Gasteiger partial charge in [0, 0.05) is 24.7 Å². The third-order valence-electron chi connectivity index (χ3n) is 3.32. The van der Waals surface area contributed by atoms with Gasteiger partial charge in [0.05, 0.1) is 5.52 Å². The van der Waals surface area contributed by atoms with Crippen molar-refractivity contribution >= 4 is 10.9 Å². The van der Waals surface area contributed by atoms with Crippen LogP contribution < -0.4 is 0 Å². The van der Waals surface area contributed by atoms with Crippen LogP contribution in [0.4, 0.5) is 0 Å². The second-order valence-electron chi connectivity index (χ2n) is 5.13. The maximum absolute atomic E-state index is 10.2. The Labute approximate surface area is 122 Å². The Morgan fingerprint density at radius 3 is 2.86 bits per heavy atom. The molecule has 0 aliphatic carbocycles. The second-order valence-corrected chi connectivity index (χ2v) is 5.13. The lowest BCUT2D eigenvalue weighted by molar-refractivity contribution is -0.758. The maximum atomic E-state index is 10.2. The number of aromatic nitrogens is 1. The summed E-state index contributed by atoms with van der Waals surface area (Å²) in [5.74, 6) is 0.232. The number of rotatable bonds is 7. The van der Waals surface area contributed by atoms with Gasteiger partial charge in [-0.3, -0.25) is 0 Å². The Bertz CT molecular complexity index is 636. The summed E-state index contributed by atoms with van der Waals surface area (Å²) in [5.41, 5.74) is 1.88. The molecule has 2 aromatic rings. The summed E-state index contributed by atoms with van der Waals surface area (Å²) in [5, 5.41) is 20.3. The Morgan fingerprint density at radius 2 is 2.19 bits per heavy atom. The minimum Gasteiger partial charge on any atom is -0.507 e. The average Bonchev–Trinajstić information content (AvgIpc) is 2.76. The van der Waals surface area contributed by atoms with Crippen molar-refractivity contribution in [2.45, 2.75) is 13.0 Å². The molecule has 7 heteroatoms. The normalized spacial score (nSPS) is 11.2. The summed E-state index contributed by atoms with van der Waals surface area (Å²) in [6.45, 7) is 1.21. The predicted molar refractivity (Wildman–Crippen MR) is 78.8 cm³/mol. The fourth-order valence-electron chi connectivity index (χ4n) is 2.35. The number of aromatic hydroxyl groups is 1. The molecular weight excluding hydrogens is 274 g/mol. The zero-order valence-corrected chi connectivity index (χ0v) is 12.2. The number of hydrogen-bond acceptors (Lipinski definition) is 5. The molecule has 0 unspecified atom stereocenters. The predicted octanol–water partition coefficient (Wildman–Crippen LogP) is 1.66. The van der Waals surface area contributed by atoms with E-state index in [4.69, 9.17) is 0 Å². The van der Waals surface area contributed by atoms with E-state index in [1.807, 2.05) is 30.9 Å².